The first-order valence-electron chi connectivity index (χ1n) is 10.3. The zero-order valence-corrected chi connectivity index (χ0v) is 18.3. The van der Waals surface area contributed by atoms with Gasteiger partial charge in [-0.3, -0.25) is 19.3 Å². The van der Waals surface area contributed by atoms with Gasteiger partial charge in [0.15, 0.2) is 11.7 Å². The third-order valence-electron chi connectivity index (χ3n) is 4.89. The topological polar surface area (TPSA) is 92.5 Å². The molecule has 2 heterocycles. The summed E-state index contributed by atoms with van der Waals surface area (Å²) in [6.07, 6.45) is 3.44. The molecule has 1 saturated heterocycles. The lowest BCUT2D eigenvalue weighted by Gasteiger charge is -2.12. The SMILES string of the molecule is O=C(CCc1ncc(-c2ccccc2F)o1)NCCN1C(=O)S/C(=C\c2ccccc2)C1=O. The molecule has 0 aliphatic carbocycles. The molecule has 0 bridgehead atoms. The molecule has 0 atom stereocenters. The average Bonchev–Trinajstić information content (AvgIpc) is 3.39. The maximum atomic E-state index is 13.8. The molecule has 2 aromatic carbocycles. The van der Waals surface area contributed by atoms with Crippen molar-refractivity contribution in [2.75, 3.05) is 13.1 Å². The number of nitrogens with zero attached hydrogens (tertiary/aromatic N) is 2. The van der Waals surface area contributed by atoms with E-state index in [0.29, 0.717) is 22.1 Å². The van der Waals surface area contributed by atoms with Gasteiger partial charge in [-0.2, -0.15) is 0 Å². The molecule has 3 amide bonds. The number of imide groups is 1. The Labute approximate surface area is 193 Å². The van der Waals surface area contributed by atoms with Gasteiger partial charge in [0.1, 0.15) is 5.82 Å². The van der Waals surface area contributed by atoms with Crippen LogP contribution in [0, 0.1) is 5.82 Å². The lowest BCUT2D eigenvalue weighted by molar-refractivity contribution is -0.124. The van der Waals surface area contributed by atoms with Crippen molar-refractivity contribution in [2.45, 2.75) is 12.8 Å². The molecular formula is C24H20FN3O4S. The smallest absolute Gasteiger partial charge is 0.293 e. The molecule has 33 heavy (non-hydrogen) atoms. The van der Waals surface area contributed by atoms with Crippen LogP contribution in [0.4, 0.5) is 9.18 Å². The number of halogens is 1. The van der Waals surface area contributed by atoms with Gasteiger partial charge in [0, 0.05) is 25.9 Å². The van der Waals surface area contributed by atoms with Crippen LogP contribution in [-0.4, -0.2) is 40.0 Å². The first-order valence-corrected chi connectivity index (χ1v) is 11.1. The first-order chi connectivity index (χ1) is 16.0. The molecule has 0 radical (unpaired) electrons. The maximum absolute atomic E-state index is 13.8. The summed E-state index contributed by atoms with van der Waals surface area (Å²) in [5.74, 6) is -0.438. The number of oxazole rings is 1. The Balaban J connectivity index is 1.24. The van der Waals surface area contributed by atoms with E-state index in [2.05, 4.69) is 10.3 Å². The van der Waals surface area contributed by atoms with E-state index in [9.17, 15) is 18.8 Å². The Morgan fingerprint density at radius 1 is 1.12 bits per heavy atom. The summed E-state index contributed by atoms with van der Waals surface area (Å²) in [6, 6.07) is 15.5. The molecule has 3 aromatic rings. The number of carbonyl (C=O) groups excluding carboxylic acids is 3. The van der Waals surface area contributed by atoms with Crippen molar-refractivity contribution in [1.29, 1.82) is 0 Å². The van der Waals surface area contributed by atoms with Gasteiger partial charge in [0.2, 0.25) is 5.91 Å². The molecule has 168 valence electrons. The normalized spacial score (nSPS) is 14.8. The number of hydrogen-bond acceptors (Lipinski definition) is 6. The predicted molar refractivity (Wildman–Crippen MR) is 122 cm³/mol. The fourth-order valence-corrected chi connectivity index (χ4v) is 4.09. The van der Waals surface area contributed by atoms with Crippen molar-refractivity contribution in [3.63, 3.8) is 0 Å². The molecule has 0 saturated carbocycles. The van der Waals surface area contributed by atoms with E-state index in [4.69, 9.17) is 4.42 Å². The summed E-state index contributed by atoms with van der Waals surface area (Å²) < 4.78 is 19.4. The van der Waals surface area contributed by atoms with Crippen LogP contribution in [0.15, 0.2) is 70.1 Å². The van der Waals surface area contributed by atoms with Gasteiger partial charge >= 0.3 is 0 Å². The first kappa shape index (κ1) is 22.5. The van der Waals surface area contributed by atoms with Crippen LogP contribution in [0.2, 0.25) is 0 Å². The number of aryl methyl sites for hydroxylation is 1. The number of aromatic nitrogens is 1. The van der Waals surface area contributed by atoms with E-state index < -0.39 is 5.82 Å². The lowest BCUT2D eigenvalue weighted by atomic mass is 10.2. The Morgan fingerprint density at radius 3 is 2.67 bits per heavy atom. The summed E-state index contributed by atoms with van der Waals surface area (Å²) in [4.78, 5) is 42.4. The van der Waals surface area contributed by atoms with Crippen molar-refractivity contribution in [3.05, 3.63) is 83.0 Å². The quantitative estimate of drug-likeness (QED) is 0.500. The third kappa shape index (κ3) is 5.56. The molecule has 0 spiro atoms. The van der Waals surface area contributed by atoms with Crippen molar-refractivity contribution in [3.8, 4) is 11.3 Å². The van der Waals surface area contributed by atoms with E-state index in [1.807, 2.05) is 30.3 Å². The van der Waals surface area contributed by atoms with Gasteiger partial charge < -0.3 is 9.73 Å². The highest BCUT2D eigenvalue weighted by Crippen LogP contribution is 2.31. The molecule has 4 rings (SSSR count). The van der Waals surface area contributed by atoms with Gasteiger partial charge in [-0.1, -0.05) is 42.5 Å². The zero-order valence-electron chi connectivity index (χ0n) is 17.5. The highest BCUT2D eigenvalue weighted by atomic mass is 32.2. The van der Waals surface area contributed by atoms with Crippen LogP contribution in [0.5, 0.6) is 0 Å². The molecule has 1 N–H and O–H groups in total. The third-order valence-corrected chi connectivity index (χ3v) is 5.79. The van der Waals surface area contributed by atoms with Crippen LogP contribution in [-0.2, 0) is 16.0 Å². The second-order valence-corrected chi connectivity index (χ2v) is 8.19. The molecule has 0 unspecified atom stereocenters. The molecule has 1 aliphatic heterocycles. The van der Waals surface area contributed by atoms with Crippen molar-refractivity contribution >= 4 is 34.9 Å². The Bertz CT molecular complexity index is 1210. The molecule has 1 aromatic heterocycles. The minimum atomic E-state index is -0.413. The standard InChI is InChI=1S/C24H20FN3O4S/c25-18-9-5-4-8-17(18)19-15-27-22(32-19)11-10-21(29)26-12-13-28-23(30)20(33-24(28)31)14-16-6-2-1-3-7-16/h1-9,14-15H,10-13H2,(H,26,29)/b20-14-. The molecular weight excluding hydrogens is 445 g/mol. The van der Waals surface area contributed by atoms with E-state index >= 15 is 0 Å². The molecule has 7 nitrogen and oxygen atoms in total. The van der Waals surface area contributed by atoms with Gasteiger partial charge in [-0.15, -0.1) is 0 Å². The van der Waals surface area contributed by atoms with Crippen molar-refractivity contribution < 1.29 is 23.2 Å². The summed E-state index contributed by atoms with van der Waals surface area (Å²) in [5, 5.41) is 2.33. The maximum Gasteiger partial charge on any atom is 0.293 e. The monoisotopic (exact) mass is 465 g/mol. The van der Waals surface area contributed by atoms with Crippen LogP contribution < -0.4 is 5.32 Å². The van der Waals surface area contributed by atoms with Crippen LogP contribution in [0.1, 0.15) is 17.9 Å². The van der Waals surface area contributed by atoms with Gasteiger partial charge in [-0.25, -0.2) is 9.37 Å². The number of nitrogens with one attached hydrogen (secondary N) is 1. The Morgan fingerprint density at radius 2 is 1.88 bits per heavy atom. The number of carbonyl (C=O) groups is 3. The summed E-state index contributed by atoms with van der Waals surface area (Å²) in [5.41, 5.74) is 1.14. The minimum absolute atomic E-state index is 0.0823. The average molecular weight is 466 g/mol. The van der Waals surface area contributed by atoms with Crippen LogP contribution >= 0.6 is 11.8 Å². The number of thioether (sulfide) groups is 1. The van der Waals surface area contributed by atoms with E-state index in [-0.39, 0.29) is 43.0 Å². The van der Waals surface area contributed by atoms with Crippen molar-refractivity contribution in [1.82, 2.24) is 15.2 Å². The van der Waals surface area contributed by atoms with E-state index in [0.717, 1.165) is 22.2 Å². The summed E-state index contributed by atoms with van der Waals surface area (Å²) in [7, 11) is 0. The lowest BCUT2D eigenvalue weighted by Crippen LogP contribution is -2.37. The van der Waals surface area contributed by atoms with Gasteiger partial charge in [0.05, 0.1) is 16.7 Å². The number of hydrogen-bond donors (Lipinski definition) is 1. The largest absolute Gasteiger partial charge is 0.441 e. The van der Waals surface area contributed by atoms with Gasteiger partial charge in [0.25, 0.3) is 11.1 Å². The fourth-order valence-electron chi connectivity index (χ4n) is 3.22. The predicted octanol–water partition coefficient (Wildman–Crippen LogP) is 4.27. The van der Waals surface area contributed by atoms with Crippen LogP contribution in [0.3, 0.4) is 0 Å². The number of amides is 3. The second-order valence-electron chi connectivity index (χ2n) is 7.19. The Kier molecular flexibility index (Phi) is 6.99. The minimum Gasteiger partial charge on any atom is -0.441 e. The molecule has 1 fully saturated rings. The number of benzene rings is 2. The van der Waals surface area contributed by atoms with Crippen molar-refractivity contribution in [2.24, 2.45) is 0 Å². The highest BCUT2D eigenvalue weighted by molar-refractivity contribution is 8.18. The second kappa shape index (κ2) is 10.3. The van der Waals surface area contributed by atoms with Crippen LogP contribution in [0.25, 0.3) is 17.4 Å². The summed E-state index contributed by atoms with van der Waals surface area (Å²) >= 11 is 0.883. The molecule has 1 aliphatic rings. The zero-order chi connectivity index (χ0) is 23.2. The molecule has 9 heteroatoms. The fraction of sp³-hybridized carbons (Fsp3) is 0.167. The van der Waals surface area contributed by atoms with E-state index in [1.165, 1.54) is 12.3 Å². The van der Waals surface area contributed by atoms with E-state index in [1.54, 1.807) is 24.3 Å². The summed E-state index contributed by atoms with van der Waals surface area (Å²) in [6.45, 7) is 0.223. The Hall–Kier alpha value is -3.72. The number of rotatable bonds is 8. The van der Waals surface area contributed by atoms with Gasteiger partial charge in [-0.05, 0) is 35.5 Å². The highest BCUT2D eigenvalue weighted by Gasteiger charge is 2.34.